The van der Waals surface area contributed by atoms with Crippen LogP contribution in [0.4, 0.5) is 0 Å². The molecule has 1 fully saturated rings. The summed E-state index contributed by atoms with van der Waals surface area (Å²) >= 11 is 1.64. The van der Waals surface area contributed by atoms with Gasteiger partial charge < -0.3 is 9.84 Å². The third-order valence-electron chi connectivity index (χ3n) is 3.28. The van der Waals surface area contributed by atoms with E-state index in [1.54, 1.807) is 11.3 Å². The summed E-state index contributed by atoms with van der Waals surface area (Å²) in [6.07, 6.45) is 2.12. The smallest absolute Gasteiger partial charge is 0.101 e. The first-order chi connectivity index (χ1) is 7.12. The zero-order valence-corrected chi connectivity index (χ0v) is 10.1. The molecule has 1 aromatic heterocycles. The third kappa shape index (κ3) is 2.10. The molecule has 1 aromatic rings. The fourth-order valence-electron chi connectivity index (χ4n) is 2.26. The molecule has 2 nitrogen and oxygen atoms in total. The second-order valence-electron chi connectivity index (χ2n) is 4.49. The van der Waals surface area contributed by atoms with Crippen LogP contribution in [0, 0.1) is 12.8 Å². The van der Waals surface area contributed by atoms with E-state index in [9.17, 15) is 5.11 Å². The second kappa shape index (κ2) is 4.24. The van der Waals surface area contributed by atoms with Crippen LogP contribution in [0.1, 0.15) is 30.2 Å². The van der Waals surface area contributed by atoms with Crippen molar-refractivity contribution in [2.24, 2.45) is 5.92 Å². The van der Waals surface area contributed by atoms with Crippen LogP contribution in [0.5, 0.6) is 0 Å². The summed E-state index contributed by atoms with van der Waals surface area (Å²) in [6, 6.07) is 2.07. The van der Waals surface area contributed by atoms with Crippen molar-refractivity contribution in [2.75, 3.05) is 13.2 Å². The summed E-state index contributed by atoms with van der Waals surface area (Å²) in [6.45, 7) is 5.51. The molecule has 0 aromatic carbocycles. The van der Waals surface area contributed by atoms with Gasteiger partial charge >= 0.3 is 0 Å². The van der Waals surface area contributed by atoms with Gasteiger partial charge in [-0.15, -0.1) is 11.3 Å². The molecule has 0 spiro atoms. The van der Waals surface area contributed by atoms with Crippen LogP contribution in [0.3, 0.4) is 0 Å². The van der Waals surface area contributed by atoms with Gasteiger partial charge in [0.05, 0.1) is 6.61 Å². The lowest BCUT2D eigenvalue weighted by Gasteiger charge is -2.35. The molecule has 1 aliphatic rings. The molecule has 0 aliphatic carbocycles. The maximum atomic E-state index is 10.6. The second-order valence-corrected chi connectivity index (χ2v) is 5.41. The molecule has 2 atom stereocenters. The van der Waals surface area contributed by atoms with E-state index in [2.05, 4.69) is 13.0 Å². The van der Waals surface area contributed by atoms with Gasteiger partial charge in [-0.2, -0.15) is 0 Å². The zero-order chi connectivity index (χ0) is 10.9. The first-order valence-electron chi connectivity index (χ1n) is 5.47. The molecule has 0 saturated carbocycles. The number of aliphatic hydroxyl groups is 1. The Bertz CT molecular complexity index is 324. The first kappa shape index (κ1) is 11.1. The molecule has 0 radical (unpaired) electrons. The van der Waals surface area contributed by atoms with Crippen LogP contribution >= 0.6 is 11.3 Å². The highest BCUT2D eigenvalue weighted by molar-refractivity contribution is 7.10. The Hall–Kier alpha value is -0.380. The SMILES string of the molecule is Cc1ccsc1C(C)(O)C1CCCOC1. The maximum Gasteiger partial charge on any atom is 0.101 e. The predicted molar refractivity (Wildman–Crippen MR) is 62.2 cm³/mol. The van der Waals surface area contributed by atoms with Gasteiger partial charge in [0, 0.05) is 17.4 Å². The third-order valence-corrected chi connectivity index (χ3v) is 4.52. The molecule has 2 unspecified atom stereocenters. The molecule has 1 aliphatic heterocycles. The van der Waals surface area contributed by atoms with Crippen LogP contribution < -0.4 is 0 Å². The molecular weight excluding hydrogens is 208 g/mol. The van der Waals surface area contributed by atoms with Crippen molar-refractivity contribution in [3.05, 3.63) is 21.9 Å². The van der Waals surface area contributed by atoms with Crippen molar-refractivity contribution in [3.63, 3.8) is 0 Å². The molecule has 0 bridgehead atoms. The van der Waals surface area contributed by atoms with Gasteiger partial charge in [0.25, 0.3) is 0 Å². The summed E-state index contributed by atoms with van der Waals surface area (Å²) in [7, 11) is 0. The van der Waals surface area contributed by atoms with Crippen molar-refractivity contribution < 1.29 is 9.84 Å². The minimum atomic E-state index is -0.724. The van der Waals surface area contributed by atoms with E-state index in [1.807, 2.05) is 12.3 Å². The zero-order valence-electron chi connectivity index (χ0n) is 9.32. The fourth-order valence-corrected chi connectivity index (χ4v) is 3.33. The number of ether oxygens (including phenoxy) is 1. The number of rotatable bonds is 2. The molecule has 3 heteroatoms. The van der Waals surface area contributed by atoms with Gasteiger partial charge in [0.1, 0.15) is 5.60 Å². The van der Waals surface area contributed by atoms with Gasteiger partial charge in [-0.3, -0.25) is 0 Å². The molecular formula is C12H18O2S. The van der Waals surface area contributed by atoms with Crippen molar-refractivity contribution >= 4 is 11.3 Å². The largest absolute Gasteiger partial charge is 0.384 e. The Morgan fingerprint density at radius 1 is 1.60 bits per heavy atom. The summed E-state index contributed by atoms with van der Waals surface area (Å²) in [4.78, 5) is 1.10. The Balaban J connectivity index is 2.21. The van der Waals surface area contributed by atoms with Crippen molar-refractivity contribution in [3.8, 4) is 0 Å². The van der Waals surface area contributed by atoms with E-state index >= 15 is 0 Å². The predicted octanol–water partition coefficient (Wildman–Crippen LogP) is 2.69. The van der Waals surface area contributed by atoms with E-state index in [0.717, 1.165) is 24.3 Å². The number of aryl methyl sites for hydroxylation is 1. The summed E-state index contributed by atoms with van der Waals surface area (Å²) in [5.74, 6) is 0.239. The van der Waals surface area contributed by atoms with Crippen LogP contribution in [-0.2, 0) is 10.3 Å². The number of hydrogen-bond donors (Lipinski definition) is 1. The highest BCUT2D eigenvalue weighted by Crippen LogP contribution is 2.38. The van der Waals surface area contributed by atoms with Crippen LogP contribution in [0.15, 0.2) is 11.4 Å². The molecule has 0 amide bonds. The van der Waals surface area contributed by atoms with Gasteiger partial charge in [-0.1, -0.05) is 0 Å². The van der Waals surface area contributed by atoms with E-state index in [-0.39, 0.29) is 5.92 Å². The number of hydrogen-bond acceptors (Lipinski definition) is 3. The minimum absolute atomic E-state index is 0.239. The normalized spacial score (nSPS) is 26.2. The van der Waals surface area contributed by atoms with Crippen LogP contribution in [0.25, 0.3) is 0 Å². The molecule has 1 saturated heterocycles. The molecule has 84 valence electrons. The lowest BCUT2D eigenvalue weighted by atomic mass is 9.83. The van der Waals surface area contributed by atoms with E-state index in [1.165, 1.54) is 5.56 Å². The molecule has 2 heterocycles. The highest BCUT2D eigenvalue weighted by Gasteiger charge is 2.36. The standard InChI is InChI=1S/C12H18O2S/c1-9-5-7-15-11(9)12(2,13)10-4-3-6-14-8-10/h5,7,10,13H,3-4,6,8H2,1-2H3. The average molecular weight is 226 g/mol. The molecule has 15 heavy (non-hydrogen) atoms. The topological polar surface area (TPSA) is 29.5 Å². The number of thiophene rings is 1. The van der Waals surface area contributed by atoms with Crippen LogP contribution in [-0.4, -0.2) is 18.3 Å². The van der Waals surface area contributed by atoms with E-state index in [4.69, 9.17) is 4.74 Å². The monoisotopic (exact) mass is 226 g/mol. The Morgan fingerprint density at radius 3 is 2.93 bits per heavy atom. The first-order valence-corrected chi connectivity index (χ1v) is 6.35. The summed E-state index contributed by atoms with van der Waals surface area (Å²) < 4.78 is 5.45. The van der Waals surface area contributed by atoms with E-state index < -0.39 is 5.60 Å². The quantitative estimate of drug-likeness (QED) is 0.840. The molecule has 1 N–H and O–H groups in total. The van der Waals surface area contributed by atoms with Gasteiger partial charge in [-0.25, -0.2) is 0 Å². The minimum Gasteiger partial charge on any atom is -0.384 e. The summed E-state index contributed by atoms with van der Waals surface area (Å²) in [5.41, 5.74) is 0.467. The van der Waals surface area contributed by atoms with Gasteiger partial charge in [0.15, 0.2) is 0 Å². The van der Waals surface area contributed by atoms with Crippen molar-refractivity contribution in [1.29, 1.82) is 0 Å². The van der Waals surface area contributed by atoms with Crippen LogP contribution in [0.2, 0.25) is 0 Å². The Morgan fingerprint density at radius 2 is 2.40 bits per heavy atom. The van der Waals surface area contributed by atoms with E-state index in [0.29, 0.717) is 6.61 Å². The van der Waals surface area contributed by atoms with Gasteiger partial charge in [0.2, 0.25) is 0 Å². The summed E-state index contributed by atoms with van der Waals surface area (Å²) in [5, 5.41) is 12.7. The fraction of sp³-hybridized carbons (Fsp3) is 0.667. The molecule has 2 rings (SSSR count). The average Bonchev–Trinajstić information content (AvgIpc) is 2.66. The van der Waals surface area contributed by atoms with Crippen molar-refractivity contribution in [1.82, 2.24) is 0 Å². The lowest BCUT2D eigenvalue weighted by molar-refractivity contribution is -0.0705. The van der Waals surface area contributed by atoms with Crippen molar-refractivity contribution in [2.45, 2.75) is 32.3 Å². The van der Waals surface area contributed by atoms with Gasteiger partial charge in [-0.05, 0) is 43.7 Å². The lowest BCUT2D eigenvalue weighted by Crippen LogP contribution is -2.37. The Labute approximate surface area is 94.9 Å². The highest BCUT2D eigenvalue weighted by atomic mass is 32.1. The maximum absolute atomic E-state index is 10.6. The Kier molecular flexibility index (Phi) is 3.14.